The Bertz CT molecular complexity index is 406. The molecule has 0 saturated heterocycles. The molecule has 1 fully saturated rings. The molecule has 0 aromatic carbocycles. The number of aromatic nitrogens is 2. The molecule has 1 aromatic rings. The van der Waals surface area contributed by atoms with Crippen LogP contribution in [-0.4, -0.2) is 29.1 Å². The second-order valence-corrected chi connectivity index (χ2v) is 6.61. The lowest BCUT2D eigenvalue weighted by molar-refractivity contribution is 0.205. The molecule has 1 unspecified atom stereocenters. The van der Waals surface area contributed by atoms with Crippen LogP contribution in [0.3, 0.4) is 0 Å². The monoisotopic (exact) mass is 262 g/mol. The van der Waals surface area contributed by atoms with Crippen LogP contribution in [0.2, 0.25) is 0 Å². The van der Waals surface area contributed by atoms with Gasteiger partial charge in [-0.1, -0.05) is 26.2 Å². The maximum absolute atomic E-state index is 4.40. The van der Waals surface area contributed by atoms with Crippen molar-refractivity contribution in [3.8, 4) is 0 Å². The first-order chi connectivity index (χ1) is 9.25. The number of H-pyrrole nitrogens is 1. The van der Waals surface area contributed by atoms with E-state index in [4.69, 9.17) is 0 Å². The molecule has 106 valence electrons. The first kappa shape index (κ1) is 13.1. The third-order valence-corrected chi connectivity index (χ3v) is 4.82. The molecule has 4 heteroatoms. The van der Waals surface area contributed by atoms with E-state index in [-0.39, 0.29) is 0 Å². The quantitative estimate of drug-likeness (QED) is 0.778. The highest BCUT2D eigenvalue weighted by Crippen LogP contribution is 2.34. The Morgan fingerprint density at radius 2 is 2.21 bits per heavy atom. The number of aromatic amines is 1. The van der Waals surface area contributed by atoms with Gasteiger partial charge in [-0.3, -0.25) is 0 Å². The summed E-state index contributed by atoms with van der Waals surface area (Å²) in [7, 11) is 0. The van der Waals surface area contributed by atoms with Gasteiger partial charge in [0.1, 0.15) is 0 Å². The second kappa shape index (κ2) is 5.63. The molecule has 0 radical (unpaired) electrons. The van der Waals surface area contributed by atoms with Crippen LogP contribution in [0, 0.1) is 5.41 Å². The summed E-state index contributed by atoms with van der Waals surface area (Å²) in [5, 5.41) is 7.27. The fourth-order valence-corrected chi connectivity index (χ4v) is 3.50. The van der Waals surface area contributed by atoms with Crippen LogP contribution >= 0.6 is 0 Å². The zero-order chi connectivity index (χ0) is 13.1. The summed E-state index contributed by atoms with van der Waals surface area (Å²) in [5.74, 6) is 0. The van der Waals surface area contributed by atoms with E-state index < -0.39 is 0 Å². The highest BCUT2D eigenvalue weighted by molar-refractivity contribution is 5.15. The highest BCUT2D eigenvalue weighted by Gasteiger charge is 2.27. The van der Waals surface area contributed by atoms with Crippen LogP contribution in [0.15, 0.2) is 6.33 Å². The average molecular weight is 262 g/mol. The van der Waals surface area contributed by atoms with Gasteiger partial charge in [0.05, 0.1) is 17.7 Å². The minimum Gasteiger partial charge on any atom is -0.347 e. The van der Waals surface area contributed by atoms with Crippen molar-refractivity contribution in [3.05, 3.63) is 17.7 Å². The van der Waals surface area contributed by atoms with Gasteiger partial charge in [0.2, 0.25) is 0 Å². The number of nitrogens with one attached hydrogen (secondary N) is 3. The van der Waals surface area contributed by atoms with Gasteiger partial charge < -0.3 is 15.6 Å². The summed E-state index contributed by atoms with van der Waals surface area (Å²) in [5.41, 5.74) is 3.04. The fourth-order valence-electron chi connectivity index (χ4n) is 3.50. The average Bonchev–Trinajstić information content (AvgIpc) is 2.87. The van der Waals surface area contributed by atoms with Crippen molar-refractivity contribution in [2.45, 2.75) is 58.0 Å². The zero-order valence-electron chi connectivity index (χ0n) is 12.0. The molecular weight excluding hydrogens is 236 g/mol. The smallest absolute Gasteiger partial charge is 0.0925 e. The van der Waals surface area contributed by atoms with Crippen LogP contribution in [-0.2, 0) is 13.0 Å². The van der Waals surface area contributed by atoms with Crippen LogP contribution < -0.4 is 10.6 Å². The van der Waals surface area contributed by atoms with Gasteiger partial charge in [0.15, 0.2) is 0 Å². The number of fused-ring (bicyclic) bond motifs is 1. The van der Waals surface area contributed by atoms with Crippen LogP contribution in [0.5, 0.6) is 0 Å². The lowest BCUT2D eigenvalue weighted by Crippen LogP contribution is -2.45. The van der Waals surface area contributed by atoms with Crippen molar-refractivity contribution in [2.24, 2.45) is 5.41 Å². The van der Waals surface area contributed by atoms with Crippen molar-refractivity contribution in [3.63, 3.8) is 0 Å². The Morgan fingerprint density at radius 1 is 1.37 bits per heavy atom. The van der Waals surface area contributed by atoms with E-state index in [1.807, 2.05) is 6.33 Å². The Labute approximate surface area is 115 Å². The zero-order valence-corrected chi connectivity index (χ0v) is 12.0. The predicted molar refractivity (Wildman–Crippen MR) is 77.0 cm³/mol. The Kier molecular flexibility index (Phi) is 3.89. The molecule has 0 spiro atoms. The standard InChI is InChI=1S/C15H26N4/c1-15(5-3-2-4-6-15)10-16-8-12-7-13-14(9-17-12)19-11-18-13/h11-12,16-17H,2-10H2,1H3,(H,18,19). The van der Waals surface area contributed by atoms with Gasteiger partial charge in [0, 0.05) is 32.1 Å². The SMILES string of the molecule is CC1(CNCC2Cc3nc[nH]c3CN2)CCCCC1. The minimum atomic E-state index is 0.531. The first-order valence-electron chi connectivity index (χ1n) is 7.70. The number of rotatable bonds is 4. The summed E-state index contributed by atoms with van der Waals surface area (Å²) in [6.45, 7) is 5.60. The van der Waals surface area contributed by atoms with E-state index in [2.05, 4.69) is 27.5 Å². The number of imidazole rings is 1. The van der Waals surface area contributed by atoms with Crippen molar-refractivity contribution >= 4 is 0 Å². The number of hydrogen-bond donors (Lipinski definition) is 3. The molecule has 1 aliphatic heterocycles. The molecule has 2 aliphatic rings. The highest BCUT2D eigenvalue weighted by atomic mass is 15.0. The summed E-state index contributed by atoms with van der Waals surface area (Å²) in [4.78, 5) is 7.59. The Hall–Kier alpha value is -0.870. The van der Waals surface area contributed by atoms with Gasteiger partial charge in [-0.25, -0.2) is 4.98 Å². The second-order valence-electron chi connectivity index (χ2n) is 6.61. The lowest BCUT2D eigenvalue weighted by Gasteiger charge is -2.34. The third kappa shape index (κ3) is 3.18. The molecule has 19 heavy (non-hydrogen) atoms. The number of hydrogen-bond acceptors (Lipinski definition) is 3. The van der Waals surface area contributed by atoms with E-state index in [0.29, 0.717) is 11.5 Å². The Balaban J connectivity index is 1.43. The van der Waals surface area contributed by atoms with Gasteiger partial charge in [-0.2, -0.15) is 0 Å². The van der Waals surface area contributed by atoms with Crippen LogP contribution in [0.4, 0.5) is 0 Å². The molecule has 1 atom stereocenters. The Morgan fingerprint density at radius 3 is 3.05 bits per heavy atom. The van der Waals surface area contributed by atoms with Crippen molar-refractivity contribution < 1.29 is 0 Å². The van der Waals surface area contributed by atoms with Crippen molar-refractivity contribution in [2.75, 3.05) is 13.1 Å². The molecule has 1 aromatic heterocycles. The molecule has 0 amide bonds. The fraction of sp³-hybridized carbons (Fsp3) is 0.800. The van der Waals surface area contributed by atoms with Crippen LogP contribution in [0.1, 0.15) is 50.4 Å². The molecular formula is C15H26N4. The van der Waals surface area contributed by atoms with Gasteiger partial charge >= 0.3 is 0 Å². The summed E-state index contributed by atoms with van der Waals surface area (Å²) in [6.07, 6.45) is 9.89. The lowest BCUT2D eigenvalue weighted by atomic mass is 9.76. The topological polar surface area (TPSA) is 52.7 Å². The minimum absolute atomic E-state index is 0.531. The molecule has 2 heterocycles. The van der Waals surface area contributed by atoms with Gasteiger partial charge in [-0.15, -0.1) is 0 Å². The maximum atomic E-state index is 4.40. The molecule has 4 nitrogen and oxygen atoms in total. The van der Waals surface area contributed by atoms with E-state index in [1.165, 1.54) is 50.0 Å². The van der Waals surface area contributed by atoms with Crippen LogP contribution in [0.25, 0.3) is 0 Å². The summed E-state index contributed by atoms with van der Waals surface area (Å²) < 4.78 is 0. The van der Waals surface area contributed by atoms with E-state index in [1.54, 1.807) is 0 Å². The van der Waals surface area contributed by atoms with E-state index in [0.717, 1.165) is 19.5 Å². The normalized spacial score (nSPS) is 26.1. The third-order valence-electron chi connectivity index (χ3n) is 4.82. The maximum Gasteiger partial charge on any atom is 0.0925 e. The predicted octanol–water partition coefficient (Wildman–Crippen LogP) is 1.98. The largest absolute Gasteiger partial charge is 0.347 e. The first-order valence-corrected chi connectivity index (χ1v) is 7.70. The molecule has 1 saturated carbocycles. The van der Waals surface area contributed by atoms with E-state index in [9.17, 15) is 0 Å². The summed E-state index contributed by atoms with van der Waals surface area (Å²) >= 11 is 0. The van der Waals surface area contributed by atoms with Crippen molar-refractivity contribution in [1.82, 2.24) is 20.6 Å². The van der Waals surface area contributed by atoms with Gasteiger partial charge in [-0.05, 0) is 18.3 Å². The molecule has 1 aliphatic carbocycles. The van der Waals surface area contributed by atoms with Gasteiger partial charge in [0.25, 0.3) is 0 Å². The summed E-state index contributed by atoms with van der Waals surface area (Å²) in [6, 6.07) is 0.531. The molecule has 3 rings (SSSR count). The molecule has 0 bridgehead atoms. The van der Waals surface area contributed by atoms with Crippen molar-refractivity contribution in [1.29, 1.82) is 0 Å². The molecule has 3 N–H and O–H groups in total. The number of nitrogens with zero attached hydrogens (tertiary/aromatic N) is 1. The van der Waals surface area contributed by atoms with E-state index >= 15 is 0 Å².